The zero-order valence-corrected chi connectivity index (χ0v) is 9.64. The smallest absolute Gasteiger partial charge is 0.261 e. The first-order valence-corrected chi connectivity index (χ1v) is 5.57. The first-order valence-electron chi connectivity index (χ1n) is 5.57. The molecule has 1 aromatic heterocycles. The molecule has 0 aliphatic heterocycles. The van der Waals surface area contributed by atoms with Gasteiger partial charge in [-0.25, -0.2) is 18.7 Å². The maximum atomic E-state index is 11.8. The van der Waals surface area contributed by atoms with E-state index in [1.165, 1.54) is 6.33 Å². The van der Waals surface area contributed by atoms with Crippen molar-refractivity contribution in [2.75, 3.05) is 25.1 Å². The van der Waals surface area contributed by atoms with Crippen LogP contribution in [-0.4, -0.2) is 36.2 Å². The topological polar surface area (TPSA) is 47.0 Å². The van der Waals surface area contributed by atoms with Crippen molar-refractivity contribution < 1.29 is 13.5 Å². The summed E-state index contributed by atoms with van der Waals surface area (Å²) in [6.45, 7) is 0.0998. The standard InChI is InChI=1S/C12H13F2N3O/c13-11(14)7-18-6-5-15-12-9-3-1-2-4-10(9)16-8-17-12/h1-4,8,11H,5-7H2,(H,15,16,17). The largest absolute Gasteiger partial charge is 0.374 e. The highest BCUT2D eigenvalue weighted by atomic mass is 19.3. The lowest BCUT2D eigenvalue weighted by Gasteiger charge is -2.08. The Morgan fingerprint density at radius 2 is 2.06 bits per heavy atom. The second kappa shape index (κ2) is 6.20. The molecule has 18 heavy (non-hydrogen) atoms. The fraction of sp³-hybridized carbons (Fsp3) is 0.333. The molecule has 0 saturated carbocycles. The van der Waals surface area contributed by atoms with Crippen LogP contribution in [0.15, 0.2) is 30.6 Å². The summed E-state index contributed by atoms with van der Waals surface area (Å²) in [5.74, 6) is 0.682. The minimum Gasteiger partial charge on any atom is -0.374 e. The van der Waals surface area contributed by atoms with E-state index in [-0.39, 0.29) is 6.61 Å². The molecule has 0 bridgehead atoms. The van der Waals surface area contributed by atoms with Crippen molar-refractivity contribution >= 4 is 16.7 Å². The summed E-state index contributed by atoms with van der Waals surface area (Å²) in [5, 5.41) is 3.94. The van der Waals surface area contributed by atoms with Gasteiger partial charge in [0.1, 0.15) is 18.8 Å². The molecule has 2 rings (SSSR count). The summed E-state index contributed by atoms with van der Waals surface area (Å²) in [4.78, 5) is 8.24. The van der Waals surface area contributed by atoms with Crippen molar-refractivity contribution in [2.45, 2.75) is 6.43 Å². The van der Waals surface area contributed by atoms with E-state index in [0.717, 1.165) is 10.9 Å². The minimum absolute atomic E-state index is 0.211. The quantitative estimate of drug-likeness (QED) is 0.802. The molecule has 0 spiro atoms. The average Bonchev–Trinajstić information content (AvgIpc) is 2.38. The number of benzene rings is 1. The van der Waals surface area contributed by atoms with E-state index in [2.05, 4.69) is 15.3 Å². The lowest BCUT2D eigenvalue weighted by molar-refractivity contribution is 0.0215. The Balaban J connectivity index is 1.91. The van der Waals surface area contributed by atoms with Crippen molar-refractivity contribution in [3.63, 3.8) is 0 Å². The maximum absolute atomic E-state index is 11.8. The molecule has 0 unspecified atom stereocenters. The van der Waals surface area contributed by atoms with E-state index >= 15 is 0 Å². The summed E-state index contributed by atoms with van der Waals surface area (Å²) >= 11 is 0. The number of rotatable bonds is 6. The number of nitrogens with zero attached hydrogens (tertiary/aromatic N) is 2. The predicted octanol–water partition coefficient (Wildman–Crippen LogP) is 2.32. The molecular formula is C12H13F2N3O. The van der Waals surface area contributed by atoms with Crippen LogP contribution >= 0.6 is 0 Å². The monoisotopic (exact) mass is 253 g/mol. The highest BCUT2D eigenvalue weighted by Gasteiger charge is 2.03. The van der Waals surface area contributed by atoms with Gasteiger partial charge in [0, 0.05) is 11.9 Å². The van der Waals surface area contributed by atoms with E-state index in [1.807, 2.05) is 24.3 Å². The SMILES string of the molecule is FC(F)COCCNc1ncnc2ccccc12. The normalized spacial score (nSPS) is 11.1. The highest BCUT2D eigenvalue weighted by Crippen LogP contribution is 2.17. The van der Waals surface area contributed by atoms with Crippen LogP contribution < -0.4 is 5.32 Å². The van der Waals surface area contributed by atoms with E-state index in [4.69, 9.17) is 4.74 Å². The summed E-state index contributed by atoms with van der Waals surface area (Å²) in [6.07, 6.45) is -0.963. The highest BCUT2D eigenvalue weighted by molar-refractivity contribution is 5.88. The Morgan fingerprint density at radius 1 is 1.22 bits per heavy atom. The molecule has 96 valence electrons. The van der Waals surface area contributed by atoms with Gasteiger partial charge in [-0.15, -0.1) is 0 Å². The Labute approximate surface area is 103 Å². The molecule has 1 aromatic carbocycles. The van der Waals surface area contributed by atoms with E-state index in [0.29, 0.717) is 12.4 Å². The molecule has 1 heterocycles. The van der Waals surface area contributed by atoms with Crippen molar-refractivity contribution in [3.8, 4) is 0 Å². The number of anilines is 1. The van der Waals surface area contributed by atoms with Crippen LogP contribution in [0.3, 0.4) is 0 Å². The zero-order chi connectivity index (χ0) is 12.8. The van der Waals surface area contributed by atoms with Gasteiger partial charge in [-0.3, -0.25) is 0 Å². The number of alkyl halides is 2. The first-order chi connectivity index (χ1) is 8.77. The summed E-state index contributed by atoms with van der Waals surface area (Å²) in [7, 11) is 0. The van der Waals surface area contributed by atoms with Crippen LogP contribution in [0.2, 0.25) is 0 Å². The molecule has 2 aromatic rings. The van der Waals surface area contributed by atoms with E-state index in [1.54, 1.807) is 0 Å². The summed E-state index contributed by atoms with van der Waals surface area (Å²) in [6, 6.07) is 7.57. The van der Waals surface area contributed by atoms with Gasteiger partial charge in [0.05, 0.1) is 12.1 Å². The predicted molar refractivity (Wildman–Crippen MR) is 64.9 cm³/mol. The van der Waals surface area contributed by atoms with Gasteiger partial charge in [-0.05, 0) is 12.1 Å². The van der Waals surface area contributed by atoms with Gasteiger partial charge >= 0.3 is 0 Å². The van der Waals surface area contributed by atoms with Crippen molar-refractivity contribution in [3.05, 3.63) is 30.6 Å². The van der Waals surface area contributed by atoms with Crippen molar-refractivity contribution in [2.24, 2.45) is 0 Å². The second-order valence-corrected chi connectivity index (χ2v) is 3.63. The molecule has 0 aliphatic carbocycles. The van der Waals surface area contributed by atoms with E-state index in [9.17, 15) is 8.78 Å². The molecule has 1 N–H and O–H groups in total. The number of ether oxygens (including phenoxy) is 1. The Hall–Kier alpha value is -1.82. The number of aromatic nitrogens is 2. The zero-order valence-electron chi connectivity index (χ0n) is 9.64. The number of halogens is 2. The number of hydrogen-bond acceptors (Lipinski definition) is 4. The molecule has 4 nitrogen and oxygen atoms in total. The number of fused-ring (bicyclic) bond motifs is 1. The van der Waals surface area contributed by atoms with Crippen LogP contribution in [0.1, 0.15) is 0 Å². The average molecular weight is 253 g/mol. The van der Waals surface area contributed by atoms with Crippen LogP contribution in [-0.2, 0) is 4.74 Å². The van der Waals surface area contributed by atoms with Crippen LogP contribution in [0, 0.1) is 0 Å². The number of para-hydroxylation sites is 1. The third-order valence-corrected chi connectivity index (χ3v) is 2.33. The fourth-order valence-electron chi connectivity index (χ4n) is 1.56. The Morgan fingerprint density at radius 3 is 2.89 bits per heavy atom. The van der Waals surface area contributed by atoms with Gasteiger partial charge in [0.25, 0.3) is 6.43 Å². The summed E-state index contributed by atoms with van der Waals surface area (Å²) in [5.41, 5.74) is 0.837. The van der Waals surface area contributed by atoms with Gasteiger partial charge in [0.2, 0.25) is 0 Å². The third kappa shape index (κ3) is 3.33. The first kappa shape index (κ1) is 12.6. The maximum Gasteiger partial charge on any atom is 0.261 e. The van der Waals surface area contributed by atoms with Crippen LogP contribution in [0.5, 0.6) is 0 Å². The fourth-order valence-corrected chi connectivity index (χ4v) is 1.56. The summed E-state index contributed by atoms with van der Waals surface area (Å²) < 4.78 is 28.4. The number of hydrogen-bond donors (Lipinski definition) is 1. The van der Waals surface area contributed by atoms with Crippen LogP contribution in [0.4, 0.5) is 14.6 Å². The second-order valence-electron chi connectivity index (χ2n) is 3.63. The van der Waals surface area contributed by atoms with Gasteiger partial charge < -0.3 is 10.1 Å². The van der Waals surface area contributed by atoms with Gasteiger partial charge in [-0.1, -0.05) is 12.1 Å². The van der Waals surface area contributed by atoms with Crippen molar-refractivity contribution in [1.82, 2.24) is 9.97 Å². The Bertz CT molecular complexity index is 502. The van der Waals surface area contributed by atoms with E-state index < -0.39 is 13.0 Å². The minimum atomic E-state index is -2.43. The van der Waals surface area contributed by atoms with Crippen LogP contribution in [0.25, 0.3) is 10.9 Å². The lowest BCUT2D eigenvalue weighted by Crippen LogP contribution is -2.13. The van der Waals surface area contributed by atoms with Gasteiger partial charge in [0.15, 0.2) is 0 Å². The molecule has 0 fully saturated rings. The molecule has 0 saturated heterocycles. The molecule has 0 aliphatic rings. The van der Waals surface area contributed by atoms with Crippen molar-refractivity contribution in [1.29, 1.82) is 0 Å². The molecular weight excluding hydrogens is 240 g/mol. The molecule has 0 atom stereocenters. The third-order valence-electron chi connectivity index (χ3n) is 2.33. The molecule has 0 radical (unpaired) electrons. The molecule has 0 amide bonds. The number of nitrogens with one attached hydrogen (secondary N) is 1. The Kier molecular flexibility index (Phi) is 4.35. The molecule has 6 heteroatoms. The lowest BCUT2D eigenvalue weighted by atomic mass is 10.2. The van der Waals surface area contributed by atoms with Gasteiger partial charge in [-0.2, -0.15) is 0 Å².